The highest BCUT2D eigenvalue weighted by Crippen LogP contribution is 2.25. The minimum atomic E-state index is -0.686. The molecular weight excluding hydrogens is 130 g/mol. The Kier molecular flexibility index (Phi) is 1.74. The number of hydrogen-bond acceptors (Lipinski definition) is 2. The fraction of sp³-hybridized carbons (Fsp3) is 0.714. The summed E-state index contributed by atoms with van der Waals surface area (Å²) in [5, 5.41) is 10.4. The summed E-state index contributed by atoms with van der Waals surface area (Å²) >= 11 is 0. The first-order valence-corrected chi connectivity index (χ1v) is 3.45. The van der Waals surface area contributed by atoms with Crippen LogP contribution in [-0.4, -0.2) is 10.5 Å². The van der Waals surface area contributed by atoms with E-state index in [2.05, 4.69) is 0 Å². The number of hydrogen-bond donors (Lipinski definition) is 0. The molecule has 1 aliphatic rings. The Bertz CT molecular complexity index is 176. The maximum Gasteiger partial charge on any atom is 0.223 e. The third-order valence-electron chi connectivity index (χ3n) is 2.01. The van der Waals surface area contributed by atoms with Gasteiger partial charge in [-0.05, 0) is 6.42 Å². The maximum atomic E-state index is 10.4. The summed E-state index contributed by atoms with van der Waals surface area (Å²) in [6.07, 6.45) is 6.01. The molecule has 0 saturated carbocycles. The Morgan fingerprint density at radius 1 is 1.60 bits per heavy atom. The van der Waals surface area contributed by atoms with Crippen molar-refractivity contribution >= 4 is 0 Å². The number of nitro groups is 1. The van der Waals surface area contributed by atoms with Crippen LogP contribution in [0.4, 0.5) is 0 Å². The zero-order chi connectivity index (χ0) is 7.61. The summed E-state index contributed by atoms with van der Waals surface area (Å²) < 4.78 is 0. The molecule has 0 aromatic heterocycles. The first-order valence-electron chi connectivity index (χ1n) is 3.45. The van der Waals surface area contributed by atoms with E-state index in [0.717, 1.165) is 6.42 Å². The fourth-order valence-corrected chi connectivity index (χ4v) is 1.12. The first-order chi connectivity index (χ1) is 4.65. The van der Waals surface area contributed by atoms with Crippen molar-refractivity contribution in [2.45, 2.75) is 31.7 Å². The molecule has 3 heteroatoms. The van der Waals surface area contributed by atoms with Crippen LogP contribution < -0.4 is 0 Å². The zero-order valence-corrected chi connectivity index (χ0v) is 6.04. The zero-order valence-electron chi connectivity index (χ0n) is 6.04. The van der Waals surface area contributed by atoms with E-state index in [0.29, 0.717) is 12.8 Å². The van der Waals surface area contributed by atoms with Crippen molar-refractivity contribution in [2.75, 3.05) is 0 Å². The molecule has 0 aliphatic heterocycles. The summed E-state index contributed by atoms with van der Waals surface area (Å²) in [5.41, 5.74) is -0.686. The lowest BCUT2D eigenvalue weighted by Gasteiger charge is -2.20. The number of nitrogens with zero attached hydrogens (tertiary/aromatic N) is 1. The molecule has 0 N–H and O–H groups in total. The first kappa shape index (κ1) is 7.25. The molecule has 0 bridgehead atoms. The average molecular weight is 141 g/mol. The summed E-state index contributed by atoms with van der Waals surface area (Å²) in [6.45, 7) is 1.70. The number of allylic oxidation sites excluding steroid dienone is 1. The van der Waals surface area contributed by atoms with E-state index in [-0.39, 0.29) is 4.92 Å². The molecule has 0 aromatic rings. The molecule has 0 heterocycles. The molecule has 1 atom stereocenters. The molecule has 0 amide bonds. The van der Waals surface area contributed by atoms with E-state index in [1.807, 2.05) is 12.2 Å². The molecule has 1 rings (SSSR count). The van der Waals surface area contributed by atoms with Gasteiger partial charge in [-0.2, -0.15) is 0 Å². The summed E-state index contributed by atoms with van der Waals surface area (Å²) in [5.74, 6) is 0. The molecule has 10 heavy (non-hydrogen) atoms. The van der Waals surface area contributed by atoms with Gasteiger partial charge < -0.3 is 0 Å². The van der Waals surface area contributed by atoms with E-state index in [1.54, 1.807) is 6.92 Å². The van der Waals surface area contributed by atoms with E-state index < -0.39 is 5.54 Å². The van der Waals surface area contributed by atoms with Crippen LogP contribution >= 0.6 is 0 Å². The van der Waals surface area contributed by atoms with Crippen LogP contribution in [0, 0.1) is 10.1 Å². The van der Waals surface area contributed by atoms with E-state index >= 15 is 0 Å². The predicted octanol–water partition coefficient (Wildman–Crippen LogP) is 1.76. The van der Waals surface area contributed by atoms with Crippen LogP contribution in [0.2, 0.25) is 0 Å². The lowest BCUT2D eigenvalue weighted by atomic mass is 9.89. The largest absolute Gasteiger partial charge is 0.264 e. The number of rotatable bonds is 1. The normalized spacial score (nSPS) is 32.1. The van der Waals surface area contributed by atoms with Crippen LogP contribution in [0.5, 0.6) is 0 Å². The van der Waals surface area contributed by atoms with Crippen LogP contribution in [0.1, 0.15) is 26.2 Å². The topological polar surface area (TPSA) is 43.1 Å². The lowest BCUT2D eigenvalue weighted by molar-refractivity contribution is -0.566. The van der Waals surface area contributed by atoms with Crippen LogP contribution in [0.15, 0.2) is 12.2 Å². The highest BCUT2D eigenvalue weighted by molar-refractivity contribution is 4.96. The summed E-state index contributed by atoms with van der Waals surface area (Å²) in [7, 11) is 0. The predicted molar refractivity (Wildman–Crippen MR) is 38.4 cm³/mol. The summed E-state index contributed by atoms with van der Waals surface area (Å²) in [6, 6.07) is 0. The van der Waals surface area contributed by atoms with Gasteiger partial charge in [0.15, 0.2) is 0 Å². The molecule has 1 aliphatic carbocycles. The second-order valence-electron chi connectivity index (χ2n) is 2.97. The van der Waals surface area contributed by atoms with Gasteiger partial charge in [0.1, 0.15) is 0 Å². The fourth-order valence-electron chi connectivity index (χ4n) is 1.12. The molecule has 0 fully saturated rings. The van der Waals surface area contributed by atoms with Gasteiger partial charge in [0.2, 0.25) is 5.54 Å². The molecule has 0 radical (unpaired) electrons. The minimum Gasteiger partial charge on any atom is -0.264 e. The Balaban J connectivity index is 2.68. The van der Waals surface area contributed by atoms with Gasteiger partial charge in [-0.15, -0.1) is 0 Å². The van der Waals surface area contributed by atoms with Crippen LogP contribution in [-0.2, 0) is 0 Å². The Hall–Kier alpha value is -0.860. The lowest BCUT2D eigenvalue weighted by Crippen LogP contribution is -2.35. The van der Waals surface area contributed by atoms with Crippen molar-refractivity contribution in [3.8, 4) is 0 Å². The quantitative estimate of drug-likeness (QED) is 0.317. The van der Waals surface area contributed by atoms with E-state index in [1.165, 1.54) is 0 Å². The van der Waals surface area contributed by atoms with Gasteiger partial charge in [-0.3, -0.25) is 10.1 Å². The van der Waals surface area contributed by atoms with Crippen molar-refractivity contribution in [3.05, 3.63) is 22.3 Å². The van der Waals surface area contributed by atoms with Gasteiger partial charge in [-0.1, -0.05) is 12.2 Å². The van der Waals surface area contributed by atoms with Crippen LogP contribution in [0.25, 0.3) is 0 Å². The van der Waals surface area contributed by atoms with Gasteiger partial charge >= 0.3 is 0 Å². The summed E-state index contributed by atoms with van der Waals surface area (Å²) in [4.78, 5) is 10.3. The third-order valence-corrected chi connectivity index (χ3v) is 2.01. The Labute approximate surface area is 59.9 Å². The van der Waals surface area contributed by atoms with Crippen molar-refractivity contribution in [1.29, 1.82) is 0 Å². The minimum absolute atomic E-state index is 0.170. The highest BCUT2D eigenvalue weighted by Gasteiger charge is 2.36. The molecule has 56 valence electrons. The van der Waals surface area contributed by atoms with Gasteiger partial charge in [0.25, 0.3) is 0 Å². The standard InChI is InChI=1S/C7H11NO2/c1-7(8(9)10)5-3-2-4-6-7/h2-3H,4-6H2,1H3. The molecule has 3 nitrogen and oxygen atoms in total. The van der Waals surface area contributed by atoms with Crippen LogP contribution in [0.3, 0.4) is 0 Å². The van der Waals surface area contributed by atoms with E-state index in [9.17, 15) is 10.1 Å². The van der Waals surface area contributed by atoms with Gasteiger partial charge in [0.05, 0.1) is 0 Å². The van der Waals surface area contributed by atoms with Gasteiger partial charge in [-0.25, -0.2) is 0 Å². The van der Waals surface area contributed by atoms with Crippen molar-refractivity contribution in [1.82, 2.24) is 0 Å². The smallest absolute Gasteiger partial charge is 0.223 e. The molecule has 0 spiro atoms. The Morgan fingerprint density at radius 3 is 2.60 bits per heavy atom. The average Bonchev–Trinajstić information content (AvgIpc) is 1.89. The molecule has 0 aromatic carbocycles. The molecule has 1 unspecified atom stereocenters. The molecular formula is C7H11NO2. The van der Waals surface area contributed by atoms with E-state index in [4.69, 9.17) is 0 Å². The Morgan fingerprint density at radius 2 is 2.30 bits per heavy atom. The van der Waals surface area contributed by atoms with Crippen molar-refractivity contribution in [2.24, 2.45) is 0 Å². The second kappa shape index (κ2) is 2.40. The van der Waals surface area contributed by atoms with Crippen molar-refractivity contribution in [3.63, 3.8) is 0 Å². The van der Waals surface area contributed by atoms with Gasteiger partial charge in [0, 0.05) is 24.7 Å². The monoisotopic (exact) mass is 141 g/mol. The highest BCUT2D eigenvalue weighted by atomic mass is 16.6. The third kappa shape index (κ3) is 1.17. The maximum absolute atomic E-state index is 10.4. The SMILES string of the molecule is CC1([N+](=O)[O-])CC=CCC1. The van der Waals surface area contributed by atoms with Crippen molar-refractivity contribution < 1.29 is 4.92 Å². The second-order valence-corrected chi connectivity index (χ2v) is 2.97. The molecule has 0 saturated heterocycles.